The molecule has 0 atom stereocenters. The largest absolute Gasteiger partial charge is 0.353 e. The van der Waals surface area contributed by atoms with Crippen LogP contribution in [-0.4, -0.2) is 36.3 Å². The van der Waals surface area contributed by atoms with Crippen molar-refractivity contribution in [3.8, 4) is 0 Å². The summed E-state index contributed by atoms with van der Waals surface area (Å²) in [5, 5.41) is 2.58. The normalized spacial score (nSPS) is 15.6. The second-order valence-corrected chi connectivity index (χ2v) is 4.11. The van der Waals surface area contributed by atoms with Gasteiger partial charge in [0.1, 0.15) is 5.82 Å². The Hall–Kier alpha value is -1.62. The van der Waals surface area contributed by atoms with Gasteiger partial charge in [-0.25, -0.2) is 4.39 Å². The molecule has 0 saturated carbocycles. The van der Waals surface area contributed by atoms with Crippen molar-refractivity contribution < 1.29 is 14.0 Å². The number of benzene rings is 1. The van der Waals surface area contributed by atoms with Gasteiger partial charge in [-0.05, 0) is 18.2 Å². The number of halogens is 2. The first-order valence-corrected chi connectivity index (χ1v) is 5.47. The van der Waals surface area contributed by atoms with Gasteiger partial charge in [0.15, 0.2) is 0 Å². The van der Waals surface area contributed by atoms with E-state index in [1.807, 2.05) is 0 Å². The molecule has 1 aliphatic rings. The van der Waals surface area contributed by atoms with E-state index in [0.29, 0.717) is 13.1 Å². The van der Waals surface area contributed by atoms with Gasteiger partial charge >= 0.3 is 0 Å². The van der Waals surface area contributed by atoms with Crippen molar-refractivity contribution in [2.75, 3.05) is 19.6 Å². The van der Waals surface area contributed by atoms with Crippen LogP contribution in [0, 0.1) is 5.82 Å². The number of nitrogens with one attached hydrogen (secondary N) is 1. The van der Waals surface area contributed by atoms with Crippen molar-refractivity contribution in [3.63, 3.8) is 0 Å². The summed E-state index contributed by atoms with van der Waals surface area (Å²) in [4.78, 5) is 24.5. The highest BCUT2D eigenvalue weighted by Gasteiger charge is 2.22. The number of hydrogen-bond donors (Lipinski definition) is 1. The van der Waals surface area contributed by atoms with E-state index < -0.39 is 5.82 Å². The van der Waals surface area contributed by atoms with Gasteiger partial charge in [0, 0.05) is 18.7 Å². The Labute approximate surface area is 102 Å². The third-order valence-corrected chi connectivity index (χ3v) is 2.80. The van der Waals surface area contributed by atoms with Crippen LogP contribution in [0.5, 0.6) is 0 Å². The van der Waals surface area contributed by atoms with Crippen molar-refractivity contribution in [1.29, 1.82) is 0 Å². The van der Waals surface area contributed by atoms with Gasteiger partial charge in [0.25, 0.3) is 5.91 Å². The van der Waals surface area contributed by atoms with Crippen LogP contribution < -0.4 is 5.32 Å². The predicted molar refractivity (Wildman–Crippen MR) is 60.3 cm³/mol. The Morgan fingerprint density at radius 3 is 2.88 bits per heavy atom. The minimum atomic E-state index is -0.640. The minimum absolute atomic E-state index is 0.00305. The SMILES string of the molecule is O=C1CN(C(=O)c2ccc(Cl)c(F)c2)CCN1. The lowest BCUT2D eigenvalue weighted by molar-refractivity contribution is -0.123. The Bertz CT molecular complexity index is 479. The van der Waals surface area contributed by atoms with Gasteiger partial charge in [-0.15, -0.1) is 0 Å². The lowest BCUT2D eigenvalue weighted by Crippen LogP contribution is -2.49. The first-order chi connectivity index (χ1) is 8.08. The monoisotopic (exact) mass is 256 g/mol. The second-order valence-electron chi connectivity index (χ2n) is 3.71. The van der Waals surface area contributed by atoms with E-state index in [1.165, 1.54) is 17.0 Å². The van der Waals surface area contributed by atoms with Gasteiger partial charge in [-0.1, -0.05) is 11.6 Å². The molecule has 1 saturated heterocycles. The molecule has 1 aromatic carbocycles. The number of hydrogen-bond acceptors (Lipinski definition) is 2. The van der Waals surface area contributed by atoms with Crippen molar-refractivity contribution in [2.24, 2.45) is 0 Å². The molecular weight excluding hydrogens is 247 g/mol. The third-order valence-electron chi connectivity index (χ3n) is 2.49. The van der Waals surface area contributed by atoms with Gasteiger partial charge in [-0.2, -0.15) is 0 Å². The first-order valence-electron chi connectivity index (χ1n) is 5.09. The van der Waals surface area contributed by atoms with Crippen LogP contribution in [0.3, 0.4) is 0 Å². The second kappa shape index (κ2) is 4.71. The highest BCUT2D eigenvalue weighted by molar-refractivity contribution is 6.30. The highest BCUT2D eigenvalue weighted by atomic mass is 35.5. The van der Waals surface area contributed by atoms with Crippen molar-refractivity contribution in [2.45, 2.75) is 0 Å². The smallest absolute Gasteiger partial charge is 0.254 e. The summed E-state index contributed by atoms with van der Waals surface area (Å²) in [5.74, 6) is -1.21. The van der Waals surface area contributed by atoms with Crippen molar-refractivity contribution >= 4 is 23.4 Å². The molecular formula is C11H10ClFN2O2. The zero-order chi connectivity index (χ0) is 12.4. The zero-order valence-electron chi connectivity index (χ0n) is 8.87. The maximum Gasteiger partial charge on any atom is 0.254 e. The number of rotatable bonds is 1. The van der Waals surface area contributed by atoms with Crippen molar-refractivity contribution in [1.82, 2.24) is 10.2 Å². The van der Waals surface area contributed by atoms with Gasteiger partial charge in [-0.3, -0.25) is 9.59 Å². The van der Waals surface area contributed by atoms with Gasteiger partial charge in [0.05, 0.1) is 11.6 Å². The van der Waals surface area contributed by atoms with E-state index in [4.69, 9.17) is 11.6 Å². The Kier molecular flexibility index (Phi) is 3.28. The molecule has 1 aromatic rings. The molecule has 0 unspecified atom stereocenters. The Morgan fingerprint density at radius 1 is 1.47 bits per heavy atom. The van der Waals surface area contributed by atoms with Crippen LogP contribution >= 0.6 is 11.6 Å². The molecule has 1 heterocycles. The van der Waals surface area contributed by atoms with E-state index in [1.54, 1.807) is 0 Å². The summed E-state index contributed by atoms with van der Waals surface area (Å²) in [6.45, 7) is 0.846. The average molecular weight is 257 g/mol. The van der Waals surface area contributed by atoms with E-state index in [-0.39, 0.29) is 28.9 Å². The molecule has 17 heavy (non-hydrogen) atoms. The fourth-order valence-electron chi connectivity index (χ4n) is 1.62. The van der Waals surface area contributed by atoms with E-state index >= 15 is 0 Å². The van der Waals surface area contributed by atoms with Gasteiger partial charge < -0.3 is 10.2 Å². The first kappa shape index (κ1) is 11.9. The van der Waals surface area contributed by atoms with Crippen LogP contribution in [0.25, 0.3) is 0 Å². The number of nitrogens with zero attached hydrogens (tertiary/aromatic N) is 1. The van der Waals surface area contributed by atoms with Crippen LogP contribution in [0.1, 0.15) is 10.4 Å². The minimum Gasteiger partial charge on any atom is -0.353 e. The number of amides is 2. The molecule has 1 N–H and O–H groups in total. The van der Waals surface area contributed by atoms with Crippen molar-refractivity contribution in [3.05, 3.63) is 34.6 Å². The molecule has 0 aromatic heterocycles. The van der Waals surface area contributed by atoms with Crippen LogP contribution in [0.15, 0.2) is 18.2 Å². The molecule has 0 aliphatic carbocycles. The summed E-state index contributed by atoms with van der Waals surface area (Å²) in [6, 6.07) is 3.85. The van der Waals surface area contributed by atoms with Crippen LogP contribution in [0.4, 0.5) is 4.39 Å². The lowest BCUT2D eigenvalue weighted by Gasteiger charge is -2.26. The summed E-state index contributed by atoms with van der Waals surface area (Å²) in [5.41, 5.74) is 0.196. The summed E-state index contributed by atoms with van der Waals surface area (Å²) in [7, 11) is 0. The molecule has 90 valence electrons. The molecule has 1 aliphatic heterocycles. The van der Waals surface area contributed by atoms with E-state index in [9.17, 15) is 14.0 Å². The quantitative estimate of drug-likeness (QED) is 0.817. The predicted octanol–water partition coefficient (Wildman–Crippen LogP) is 1.05. The standard InChI is InChI=1S/C11H10ClFN2O2/c12-8-2-1-7(5-9(8)13)11(17)15-4-3-14-10(16)6-15/h1-2,5H,3-4,6H2,(H,14,16). The molecule has 6 heteroatoms. The molecule has 0 spiro atoms. The molecule has 0 radical (unpaired) electrons. The molecule has 1 fully saturated rings. The van der Waals surface area contributed by atoms with E-state index in [2.05, 4.69) is 5.32 Å². The van der Waals surface area contributed by atoms with Crippen LogP contribution in [-0.2, 0) is 4.79 Å². The Morgan fingerprint density at radius 2 is 2.24 bits per heavy atom. The number of piperazine rings is 1. The maximum absolute atomic E-state index is 13.2. The third kappa shape index (κ3) is 2.55. The number of carbonyl (C=O) groups excluding carboxylic acids is 2. The van der Waals surface area contributed by atoms with Gasteiger partial charge in [0.2, 0.25) is 5.91 Å². The lowest BCUT2D eigenvalue weighted by atomic mass is 10.2. The average Bonchev–Trinajstić information content (AvgIpc) is 2.32. The maximum atomic E-state index is 13.2. The summed E-state index contributed by atoms with van der Waals surface area (Å²) in [6.07, 6.45) is 0. The van der Waals surface area contributed by atoms with E-state index in [0.717, 1.165) is 6.07 Å². The molecule has 4 nitrogen and oxygen atoms in total. The molecule has 2 rings (SSSR count). The fourth-order valence-corrected chi connectivity index (χ4v) is 1.74. The molecule has 0 bridgehead atoms. The highest BCUT2D eigenvalue weighted by Crippen LogP contribution is 2.17. The zero-order valence-corrected chi connectivity index (χ0v) is 9.63. The molecule has 2 amide bonds. The fraction of sp³-hybridized carbons (Fsp3) is 0.273. The Balaban J connectivity index is 2.18. The summed E-state index contributed by atoms with van der Waals surface area (Å²) < 4.78 is 13.2. The summed E-state index contributed by atoms with van der Waals surface area (Å²) >= 11 is 5.53. The number of carbonyl (C=O) groups is 2. The van der Waals surface area contributed by atoms with Crippen LogP contribution in [0.2, 0.25) is 5.02 Å². The topological polar surface area (TPSA) is 49.4 Å².